The summed E-state index contributed by atoms with van der Waals surface area (Å²) in [5, 5.41) is 19.3. The Morgan fingerprint density at radius 2 is 2.09 bits per heavy atom. The van der Waals surface area contributed by atoms with Crippen molar-refractivity contribution in [1.82, 2.24) is 4.98 Å². The van der Waals surface area contributed by atoms with Crippen molar-refractivity contribution in [2.24, 2.45) is 0 Å². The Morgan fingerprint density at radius 3 is 2.70 bits per heavy atom. The van der Waals surface area contributed by atoms with Gasteiger partial charge in [0.25, 0.3) is 0 Å². The Kier molecular flexibility index (Phi) is 5.66. The quantitative estimate of drug-likeness (QED) is 0.833. The van der Waals surface area contributed by atoms with Gasteiger partial charge in [-0.15, -0.1) is 11.8 Å². The molecule has 0 bridgehead atoms. The molecule has 0 saturated carbocycles. The maximum Gasteiger partial charge on any atom is 0.304 e. The van der Waals surface area contributed by atoms with Crippen molar-refractivity contribution in [3.05, 3.63) is 30.1 Å². The number of nitriles is 1. The van der Waals surface area contributed by atoms with E-state index in [1.807, 2.05) is 12.1 Å². The summed E-state index contributed by atoms with van der Waals surface area (Å²) in [6, 6.07) is 7.64. The summed E-state index contributed by atoms with van der Waals surface area (Å²) in [4.78, 5) is 14.9. The third-order valence-electron chi connectivity index (χ3n) is 3.27. The van der Waals surface area contributed by atoms with Crippen molar-refractivity contribution in [3.8, 4) is 17.6 Å². The van der Waals surface area contributed by atoms with Gasteiger partial charge in [0.15, 0.2) is 11.5 Å². The molecule has 1 unspecified atom stereocenters. The van der Waals surface area contributed by atoms with Crippen LogP contribution in [0.15, 0.2) is 24.4 Å². The van der Waals surface area contributed by atoms with Crippen LogP contribution in [0.4, 0.5) is 0 Å². The summed E-state index contributed by atoms with van der Waals surface area (Å²) in [6.07, 6.45) is 1.64. The van der Waals surface area contributed by atoms with Gasteiger partial charge in [-0.2, -0.15) is 5.26 Å². The van der Waals surface area contributed by atoms with E-state index in [4.69, 9.17) is 14.6 Å². The van der Waals surface area contributed by atoms with Crippen LogP contribution in [-0.4, -0.2) is 36.0 Å². The molecule has 0 spiro atoms. The Labute approximate surface area is 138 Å². The molecule has 1 aromatic heterocycles. The molecule has 7 heteroatoms. The number of aliphatic carboxylic acids is 1. The van der Waals surface area contributed by atoms with E-state index in [1.54, 1.807) is 26.5 Å². The molecule has 0 fully saturated rings. The lowest BCUT2D eigenvalue weighted by Crippen LogP contribution is -2.01. The summed E-state index contributed by atoms with van der Waals surface area (Å²) in [5.74, 6) is 0.621. The van der Waals surface area contributed by atoms with E-state index >= 15 is 0 Å². The van der Waals surface area contributed by atoms with Crippen molar-refractivity contribution in [1.29, 1.82) is 5.26 Å². The summed E-state index contributed by atoms with van der Waals surface area (Å²) in [6.45, 7) is 0. The number of hydrogen-bond donors (Lipinski definition) is 1. The maximum atomic E-state index is 10.6. The first-order chi connectivity index (χ1) is 11.1. The van der Waals surface area contributed by atoms with E-state index in [1.165, 1.54) is 11.8 Å². The molecule has 2 aromatic rings. The molecule has 1 N–H and O–H groups in total. The fraction of sp³-hybridized carbons (Fsp3) is 0.312. The number of hydrogen-bond acceptors (Lipinski definition) is 6. The van der Waals surface area contributed by atoms with Crippen LogP contribution in [0.25, 0.3) is 10.8 Å². The van der Waals surface area contributed by atoms with Crippen molar-refractivity contribution in [2.75, 3.05) is 20.0 Å². The van der Waals surface area contributed by atoms with Crippen LogP contribution in [0.5, 0.6) is 11.5 Å². The van der Waals surface area contributed by atoms with E-state index in [0.717, 1.165) is 10.8 Å². The predicted octanol–water partition coefficient (Wildman–Crippen LogP) is 3.02. The topological polar surface area (TPSA) is 92.4 Å². The van der Waals surface area contributed by atoms with Crippen molar-refractivity contribution < 1.29 is 19.4 Å². The average molecular weight is 332 g/mol. The van der Waals surface area contributed by atoms with E-state index in [-0.39, 0.29) is 6.42 Å². The van der Waals surface area contributed by atoms with Gasteiger partial charge >= 0.3 is 5.97 Å². The summed E-state index contributed by atoms with van der Waals surface area (Å²) < 4.78 is 10.6. The summed E-state index contributed by atoms with van der Waals surface area (Å²) in [7, 11) is 3.11. The van der Waals surface area contributed by atoms with Gasteiger partial charge < -0.3 is 14.6 Å². The van der Waals surface area contributed by atoms with E-state index in [0.29, 0.717) is 22.9 Å². The number of thioether (sulfide) groups is 1. The lowest BCUT2D eigenvalue weighted by atomic mass is 10.1. The Hall–Kier alpha value is -2.46. The highest BCUT2D eigenvalue weighted by Gasteiger charge is 2.18. The third kappa shape index (κ3) is 3.85. The predicted molar refractivity (Wildman–Crippen MR) is 87.9 cm³/mol. The molecule has 0 amide bonds. The zero-order valence-electron chi connectivity index (χ0n) is 12.8. The number of carboxylic acid groups (broad SMARTS) is 1. The highest BCUT2D eigenvalue weighted by molar-refractivity contribution is 7.99. The van der Waals surface area contributed by atoms with Gasteiger partial charge in [-0.25, -0.2) is 0 Å². The fourth-order valence-electron chi connectivity index (χ4n) is 2.17. The molecule has 0 aliphatic carbocycles. The number of methoxy groups -OCH3 is 2. The highest BCUT2D eigenvalue weighted by Crippen LogP contribution is 2.37. The Balaban J connectivity index is 2.42. The van der Waals surface area contributed by atoms with Crippen LogP contribution in [0, 0.1) is 11.3 Å². The van der Waals surface area contributed by atoms with Gasteiger partial charge in [-0.3, -0.25) is 9.78 Å². The first kappa shape index (κ1) is 16.9. The lowest BCUT2D eigenvalue weighted by molar-refractivity contribution is -0.136. The van der Waals surface area contributed by atoms with Gasteiger partial charge in [0.05, 0.1) is 32.4 Å². The monoisotopic (exact) mass is 332 g/mol. The van der Waals surface area contributed by atoms with Crippen molar-refractivity contribution in [3.63, 3.8) is 0 Å². The second kappa shape index (κ2) is 7.70. The molecule has 1 atom stereocenters. The average Bonchev–Trinajstić information content (AvgIpc) is 2.56. The van der Waals surface area contributed by atoms with Crippen molar-refractivity contribution in [2.45, 2.75) is 11.7 Å². The molecule has 120 valence electrons. The van der Waals surface area contributed by atoms with Crippen LogP contribution in [0.1, 0.15) is 17.4 Å². The molecule has 0 aliphatic heterocycles. The number of aromatic nitrogens is 1. The van der Waals surface area contributed by atoms with Crippen LogP contribution in [0.2, 0.25) is 0 Å². The number of pyridine rings is 1. The SMILES string of the molecule is COc1cc2ccnc(C(C#N)SCCC(=O)O)c2cc1OC. The van der Waals surface area contributed by atoms with Crippen LogP contribution in [-0.2, 0) is 4.79 Å². The molecule has 0 aliphatic rings. The molecule has 6 nitrogen and oxygen atoms in total. The molecule has 1 heterocycles. The standard InChI is InChI=1S/C16H16N2O4S/c1-21-12-7-10-3-5-18-16(11(10)8-13(12)22-2)14(9-17)23-6-4-15(19)20/h3,5,7-8,14H,4,6H2,1-2H3,(H,19,20). The number of rotatable bonds is 7. The number of benzene rings is 1. The summed E-state index contributed by atoms with van der Waals surface area (Å²) in [5.41, 5.74) is 0.598. The van der Waals surface area contributed by atoms with Crippen molar-refractivity contribution >= 4 is 28.5 Å². The molecule has 0 saturated heterocycles. The number of nitrogens with zero attached hydrogens (tertiary/aromatic N) is 2. The second-order valence-corrected chi connectivity index (χ2v) is 5.86. The second-order valence-electron chi connectivity index (χ2n) is 4.65. The first-order valence-electron chi connectivity index (χ1n) is 6.84. The summed E-state index contributed by atoms with van der Waals surface area (Å²) >= 11 is 1.26. The Morgan fingerprint density at radius 1 is 1.39 bits per heavy atom. The maximum absolute atomic E-state index is 10.6. The minimum Gasteiger partial charge on any atom is -0.493 e. The smallest absolute Gasteiger partial charge is 0.304 e. The molecular weight excluding hydrogens is 316 g/mol. The highest BCUT2D eigenvalue weighted by atomic mass is 32.2. The lowest BCUT2D eigenvalue weighted by Gasteiger charge is -2.14. The first-order valence-corrected chi connectivity index (χ1v) is 7.89. The molecular formula is C16H16N2O4S. The van der Waals surface area contributed by atoms with Gasteiger partial charge in [0.1, 0.15) is 5.25 Å². The van der Waals surface area contributed by atoms with Gasteiger partial charge in [-0.1, -0.05) is 0 Å². The molecule has 23 heavy (non-hydrogen) atoms. The van der Waals surface area contributed by atoms with Crippen LogP contribution < -0.4 is 9.47 Å². The van der Waals surface area contributed by atoms with Gasteiger partial charge in [-0.05, 0) is 23.6 Å². The zero-order valence-corrected chi connectivity index (χ0v) is 13.6. The van der Waals surface area contributed by atoms with E-state index in [9.17, 15) is 10.1 Å². The minimum atomic E-state index is -0.883. The number of carboxylic acids is 1. The van der Waals surface area contributed by atoms with Gasteiger partial charge in [0.2, 0.25) is 0 Å². The number of fused-ring (bicyclic) bond motifs is 1. The molecule has 1 aromatic carbocycles. The van der Waals surface area contributed by atoms with Crippen LogP contribution >= 0.6 is 11.8 Å². The largest absolute Gasteiger partial charge is 0.493 e. The molecule has 2 rings (SSSR count). The van der Waals surface area contributed by atoms with Gasteiger partial charge in [0, 0.05) is 17.3 Å². The number of carbonyl (C=O) groups is 1. The normalized spacial score (nSPS) is 11.7. The molecule has 0 radical (unpaired) electrons. The van der Waals surface area contributed by atoms with E-state index < -0.39 is 11.2 Å². The minimum absolute atomic E-state index is 0.00472. The third-order valence-corrected chi connectivity index (χ3v) is 4.37. The van der Waals surface area contributed by atoms with Crippen LogP contribution in [0.3, 0.4) is 0 Å². The number of ether oxygens (including phenoxy) is 2. The van der Waals surface area contributed by atoms with E-state index in [2.05, 4.69) is 11.1 Å². The zero-order chi connectivity index (χ0) is 16.8. The Bertz CT molecular complexity index is 758. The fourth-order valence-corrected chi connectivity index (χ4v) is 3.12.